The summed E-state index contributed by atoms with van der Waals surface area (Å²) in [5.41, 5.74) is 2.08. The number of nitrogens with one attached hydrogen (secondary N) is 1. The second kappa shape index (κ2) is 11.1. The van der Waals surface area contributed by atoms with Gasteiger partial charge in [0.1, 0.15) is 11.4 Å². The zero-order chi connectivity index (χ0) is 19.2. The molecular formula is C21H36IN3O2. The molecule has 1 heterocycles. The van der Waals surface area contributed by atoms with Crippen molar-refractivity contribution in [2.75, 3.05) is 33.4 Å². The van der Waals surface area contributed by atoms with Crippen molar-refractivity contribution in [2.24, 2.45) is 10.9 Å². The van der Waals surface area contributed by atoms with E-state index < -0.39 is 0 Å². The van der Waals surface area contributed by atoms with Crippen molar-refractivity contribution in [3.8, 4) is 5.75 Å². The van der Waals surface area contributed by atoms with Gasteiger partial charge in [-0.3, -0.25) is 0 Å². The highest BCUT2D eigenvalue weighted by atomic mass is 127. The highest BCUT2D eigenvalue weighted by molar-refractivity contribution is 14.0. The maximum Gasteiger partial charge on any atom is 0.193 e. The van der Waals surface area contributed by atoms with Crippen molar-refractivity contribution in [3.05, 3.63) is 29.3 Å². The van der Waals surface area contributed by atoms with E-state index in [1.807, 2.05) is 0 Å². The Morgan fingerprint density at radius 3 is 2.70 bits per heavy atom. The molecule has 1 N–H and O–H groups in total. The first-order valence-corrected chi connectivity index (χ1v) is 9.64. The molecule has 1 atom stereocenters. The third kappa shape index (κ3) is 8.25. The van der Waals surface area contributed by atoms with E-state index in [-0.39, 0.29) is 29.6 Å². The Morgan fingerprint density at radius 1 is 1.37 bits per heavy atom. The number of hydrogen-bond acceptors (Lipinski definition) is 3. The third-order valence-electron chi connectivity index (χ3n) is 4.29. The number of benzene rings is 1. The van der Waals surface area contributed by atoms with Crippen molar-refractivity contribution in [1.82, 2.24) is 10.2 Å². The Hall–Kier alpha value is -1.02. The first kappa shape index (κ1) is 24.0. The minimum atomic E-state index is -0.226. The van der Waals surface area contributed by atoms with Crippen LogP contribution in [-0.4, -0.2) is 49.8 Å². The summed E-state index contributed by atoms with van der Waals surface area (Å²) < 4.78 is 11.7. The minimum Gasteiger partial charge on any atom is -0.488 e. The van der Waals surface area contributed by atoms with Gasteiger partial charge >= 0.3 is 0 Å². The van der Waals surface area contributed by atoms with Gasteiger partial charge in [0.05, 0.1) is 13.2 Å². The number of nitrogens with zero attached hydrogens (tertiary/aromatic N) is 2. The summed E-state index contributed by atoms with van der Waals surface area (Å²) >= 11 is 0. The molecule has 0 bridgehead atoms. The summed E-state index contributed by atoms with van der Waals surface area (Å²) in [7, 11) is 2.10. The van der Waals surface area contributed by atoms with Crippen LogP contribution in [0.3, 0.4) is 0 Å². The van der Waals surface area contributed by atoms with Crippen LogP contribution in [0.1, 0.15) is 45.2 Å². The maximum absolute atomic E-state index is 6.15. The van der Waals surface area contributed by atoms with Crippen molar-refractivity contribution in [3.63, 3.8) is 0 Å². The fourth-order valence-electron chi connectivity index (χ4n) is 3.05. The monoisotopic (exact) mass is 489 g/mol. The molecule has 0 aromatic heterocycles. The van der Waals surface area contributed by atoms with E-state index in [2.05, 4.69) is 70.1 Å². The summed E-state index contributed by atoms with van der Waals surface area (Å²) in [5.74, 6) is 2.44. The molecule has 6 heteroatoms. The van der Waals surface area contributed by atoms with Crippen molar-refractivity contribution in [1.29, 1.82) is 0 Å². The van der Waals surface area contributed by atoms with Gasteiger partial charge < -0.3 is 19.7 Å². The fraction of sp³-hybridized carbons (Fsp3) is 0.667. The molecule has 1 aromatic carbocycles. The standard InChI is InChI=1S/C21H35N3O2.HI/c1-7-22-20(24(6)14-17-10-11-25-15-17)23-13-18-9-8-16(2)12-19(18)26-21(3,4)5;/h8-9,12,17H,7,10-11,13-15H2,1-6H3,(H,22,23);1H. The molecule has 1 aromatic rings. The van der Waals surface area contributed by atoms with Gasteiger partial charge in [-0.1, -0.05) is 12.1 Å². The normalized spacial score (nSPS) is 17.4. The van der Waals surface area contributed by atoms with Crippen molar-refractivity contribution >= 4 is 29.9 Å². The molecule has 27 heavy (non-hydrogen) atoms. The molecule has 0 radical (unpaired) electrons. The van der Waals surface area contributed by atoms with E-state index in [9.17, 15) is 0 Å². The van der Waals surface area contributed by atoms with E-state index in [0.29, 0.717) is 12.5 Å². The van der Waals surface area contributed by atoms with E-state index in [1.54, 1.807) is 0 Å². The van der Waals surface area contributed by atoms with E-state index in [4.69, 9.17) is 14.5 Å². The number of guanidine groups is 1. The number of hydrogen-bond donors (Lipinski definition) is 1. The highest BCUT2D eigenvalue weighted by Crippen LogP contribution is 2.25. The molecule has 0 amide bonds. The first-order valence-electron chi connectivity index (χ1n) is 9.64. The average molecular weight is 489 g/mol. The number of aliphatic imine (C=N–C) groups is 1. The van der Waals surface area contributed by atoms with Crippen molar-refractivity contribution < 1.29 is 9.47 Å². The Balaban J connectivity index is 0.00000364. The Bertz CT molecular complexity index is 608. The number of aryl methyl sites for hydroxylation is 1. The Morgan fingerprint density at radius 2 is 2.11 bits per heavy atom. The van der Waals surface area contributed by atoms with Crippen LogP contribution in [0.15, 0.2) is 23.2 Å². The average Bonchev–Trinajstić information content (AvgIpc) is 3.04. The number of halogens is 1. The van der Waals surface area contributed by atoms with Gasteiger partial charge in [0.2, 0.25) is 0 Å². The van der Waals surface area contributed by atoms with Crippen LogP contribution in [0.2, 0.25) is 0 Å². The molecule has 0 spiro atoms. The van der Waals surface area contributed by atoms with E-state index in [0.717, 1.165) is 50.0 Å². The molecule has 1 saturated heterocycles. The molecule has 1 aliphatic rings. The molecule has 0 saturated carbocycles. The summed E-state index contributed by atoms with van der Waals surface area (Å²) in [5, 5.41) is 3.40. The van der Waals surface area contributed by atoms with Crippen LogP contribution >= 0.6 is 24.0 Å². The number of rotatable bonds is 6. The van der Waals surface area contributed by atoms with Crippen LogP contribution in [0.5, 0.6) is 5.75 Å². The molecule has 5 nitrogen and oxygen atoms in total. The van der Waals surface area contributed by atoms with Gasteiger partial charge in [0.15, 0.2) is 5.96 Å². The van der Waals surface area contributed by atoms with Crippen LogP contribution < -0.4 is 10.1 Å². The second-order valence-corrected chi connectivity index (χ2v) is 8.11. The van der Waals surface area contributed by atoms with Gasteiger partial charge in [-0.25, -0.2) is 4.99 Å². The van der Waals surface area contributed by atoms with Crippen LogP contribution in [0.25, 0.3) is 0 Å². The molecule has 1 fully saturated rings. The summed E-state index contributed by atoms with van der Waals surface area (Å²) in [6, 6.07) is 6.34. The lowest BCUT2D eigenvalue weighted by molar-refractivity contribution is 0.129. The van der Waals surface area contributed by atoms with Gasteiger partial charge in [-0.15, -0.1) is 24.0 Å². The first-order chi connectivity index (χ1) is 12.3. The van der Waals surface area contributed by atoms with Gasteiger partial charge in [-0.2, -0.15) is 0 Å². The van der Waals surface area contributed by atoms with Crippen LogP contribution in [0.4, 0.5) is 0 Å². The van der Waals surface area contributed by atoms with E-state index in [1.165, 1.54) is 5.56 Å². The quantitative estimate of drug-likeness (QED) is 0.369. The topological polar surface area (TPSA) is 46.1 Å². The van der Waals surface area contributed by atoms with Crippen molar-refractivity contribution in [2.45, 2.75) is 53.2 Å². The largest absolute Gasteiger partial charge is 0.488 e. The number of ether oxygens (including phenoxy) is 2. The highest BCUT2D eigenvalue weighted by Gasteiger charge is 2.19. The lowest BCUT2D eigenvalue weighted by Crippen LogP contribution is -2.41. The Kier molecular flexibility index (Phi) is 9.87. The van der Waals surface area contributed by atoms with Gasteiger partial charge in [0.25, 0.3) is 0 Å². The minimum absolute atomic E-state index is 0. The predicted molar refractivity (Wildman–Crippen MR) is 123 cm³/mol. The fourth-order valence-corrected chi connectivity index (χ4v) is 3.05. The van der Waals surface area contributed by atoms with Gasteiger partial charge in [0, 0.05) is 38.2 Å². The van der Waals surface area contributed by atoms with Gasteiger partial charge in [-0.05, 0) is 52.7 Å². The summed E-state index contributed by atoms with van der Waals surface area (Å²) in [6.45, 7) is 14.5. The molecule has 1 unspecified atom stereocenters. The van der Waals surface area contributed by atoms with E-state index >= 15 is 0 Å². The molecule has 2 rings (SSSR count). The predicted octanol–water partition coefficient (Wildman–Crippen LogP) is 4.22. The maximum atomic E-state index is 6.15. The molecule has 1 aliphatic heterocycles. The summed E-state index contributed by atoms with van der Waals surface area (Å²) in [6.07, 6.45) is 1.13. The molecular weight excluding hydrogens is 453 g/mol. The van der Waals surface area contributed by atoms with Crippen LogP contribution in [0, 0.1) is 12.8 Å². The lowest BCUT2D eigenvalue weighted by Gasteiger charge is -2.25. The zero-order valence-corrected chi connectivity index (χ0v) is 20.0. The van der Waals surface area contributed by atoms with Crippen LogP contribution in [-0.2, 0) is 11.3 Å². The summed E-state index contributed by atoms with van der Waals surface area (Å²) in [4.78, 5) is 7.07. The molecule has 0 aliphatic carbocycles. The lowest BCUT2D eigenvalue weighted by atomic mass is 10.1. The molecule has 154 valence electrons. The zero-order valence-electron chi connectivity index (χ0n) is 17.7. The second-order valence-electron chi connectivity index (χ2n) is 8.11. The smallest absolute Gasteiger partial charge is 0.193 e. The SMILES string of the molecule is CCNC(=NCc1ccc(C)cc1OC(C)(C)C)N(C)CC1CCOC1.I. The Labute approximate surface area is 181 Å². The third-order valence-corrected chi connectivity index (χ3v) is 4.29.